The van der Waals surface area contributed by atoms with E-state index in [1.165, 1.54) is 0 Å². The molecule has 0 atom stereocenters. The molecule has 5 N–H and O–H groups in total. The van der Waals surface area contributed by atoms with Crippen LogP contribution in [0.1, 0.15) is 25.7 Å². The SMILES string of the molecule is NS(=O)(=O)C1CCC(O)(CNC(=O)O)CC1. The molecule has 1 fully saturated rings. The molecule has 0 aromatic heterocycles. The van der Waals surface area contributed by atoms with Crippen LogP contribution in [0.3, 0.4) is 0 Å². The summed E-state index contributed by atoms with van der Waals surface area (Å²) < 4.78 is 22.1. The third-order valence-electron chi connectivity index (χ3n) is 2.90. The van der Waals surface area contributed by atoms with Crippen LogP contribution in [-0.4, -0.2) is 42.1 Å². The summed E-state index contributed by atoms with van der Waals surface area (Å²) in [6, 6.07) is 0. The molecule has 1 amide bonds. The van der Waals surface area contributed by atoms with E-state index in [-0.39, 0.29) is 32.2 Å². The summed E-state index contributed by atoms with van der Waals surface area (Å²) >= 11 is 0. The van der Waals surface area contributed by atoms with Gasteiger partial charge in [0.25, 0.3) is 0 Å². The molecule has 0 bridgehead atoms. The molecule has 0 saturated heterocycles. The fourth-order valence-corrected chi connectivity index (χ4v) is 2.77. The maximum atomic E-state index is 11.0. The molecule has 0 radical (unpaired) electrons. The average Bonchev–Trinajstić information content (AvgIpc) is 2.14. The van der Waals surface area contributed by atoms with Gasteiger partial charge in [-0.15, -0.1) is 0 Å². The van der Waals surface area contributed by atoms with Crippen LogP contribution in [0, 0.1) is 0 Å². The Morgan fingerprint density at radius 3 is 2.31 bits per heavy atom. The zero-order valence-corrected chi connectivity index (χ0v) is 9.53. The summed E-state index contributed by atoms with van der Waals surface area (Å²) in [4.78, 5) is 10.3. The van der Waals surface area contributed by atoms with Gasteiger partial charge in [0.15, 0.2) is 0 Å². The first-order chi connectivity index (χ1) is 7.23. The van der Waals surface area contributed by atoms with E-state index < -0.39 is 27.0 Å². The third kappa shape index (κ3) is 3.62. The number of nitrogens with one attached hydrogen (secondary N) is 1. The van der Waals surface area contributed by atoms with Gasteiger partial charge in [-0.25, -0.2) is 18.4 Å². The van der Waals surface area contributed by atoms with Gasteiger partial charge in [0.05, 0.1) is 10.9 Å². The van der Waals surface area contributed by atoms with Crippen molar-refractivity contribution in [3.05, 3.63) is 0 Å². The topological polar surface area (TPSA) is 130 Å². The predicted molar refractivity (Wildman–Crippen MR) is 56.3 cm³/mol. The van der Waals surface area contributed by atoms with E-state index in [9.17, 15) is 18.3 Å². The highest BCUT2D eigenvalue weighted by molar-refractivity contribution is 7.89. The Balaban J connectivity index is 2.50. The van der Waals surface area contributed by atoms with Gasteiger partial charge in [-0.2, -0.15) is 0 Å². The number of aliphatic hydroxyl groups is 1. The Bertz CT molecular complexity index is 359. The summed E-state index contributed by atoms with van der Waals surface area (Å²) in [5.74, 6) is 0. The number of primary sulfonamides is 1. The number of carboxylic acid groups (broad SMARTS) is 1. The van der Waals surface area contributed by atoms with Crippen LogP contribution < -0.4 is 10.5 Å². The Morgan fingerprint density at radius 1 is 1.44 bits per heavy atom. The van der Waals surface area contributed by atoms with Gasteiger partial charge in [-0.3, -0.25) is 0 Å². The Labute approximate surface area is 93.7 Å². The molecule has 1 saturated carbocycles. The van der Waals surface area contributed by atoms with Crippen molar-refractivity contribution in [3.63, 3.8) is 0 Å². The minimum absolute atomic E-state index is 0.0837. The second kappa shape index (κ2) is 4.56. The number of amides is 1. The van der Waals surface area contributed by atoms with Gasteiger partial charge >= 0.3 is 6.09 Å². The molecule has 16 heavy (non-hydrogen) atoms. The monoisotopic (exact) mass is 252 g/mol. The second-order valence-electron chi connectivity index (χ2n) is 4.17. The van der Waals surface area contributed by atoms with Gasteiger partial charge in [-0.1, -0.05) is 0 Å². The van der Waals surface area contributed by atoms with Gasteiger partial charge < -0.3 is 15.5 Å². The Morgan fingerprint density at radius 2 is 1.94 bits per heavy atom. The van der Waals surface area contributed by atoms with Crippen LogP contribution in [0.4, 0.5) is 4.79 Å². The molecule has 0 spiro atoms. The first kappa shape index (κ1) is 13.2. The summed E-state index contributed by atoms with van der Waals surface area (Å²) in [6.45, 7) is -0.0837. The van der Waals surface area contributed by atoms with Crippen LogP contribution in [0.15, 0.2) is 0 Å². The molecule has 0 heterocycles. The predicted octanol–water partition coefficient (Wildman–Crippen LogP) is -0.784. The second-order valence-corrected chi connectivity index (χ2v) is 6.02. The molecule has 0 aliphatic heterocycles. The lowest BCUT2D eigenvalue weighted by molar-refractivity contribution is 0.00650. The molecule has 94 valence electrons. The summed E-state index contributed by atoms with van der Waals surface area (Å²) in [7, 11) is -3.56. The normalized spacial score (nSPS) is 31.0. The Kier molecular flexibility index (Phi) is 3.76. The van der Waals surface area contributed by atoms with Crippen molar-refractivity contribution >= 4 is 16.1 Å². The number of nitrogens with two attached hydrogens (primary N) is 1. The zero-order valence-electron chi connectivity index (χ0n) is 8.72. The van der Waals surface area contributed by atoms with Crippen LogP contribution in [0.25, 0.3) is 0 Å². The van der Waals surface area contributed by atoms with Crippen LogP contribution in [0.2, 0.25) is 0 Å². The molecule has 8 heteroatoms. The summed E-state index contributed by atoms with van der Waals surface area (Å²) in [5, 5.41) is 24.8. The van der Waals surface area contributed by atoms with E-state index in [2.05, 4.69) is 5.32 Å². The number of hydrogen-bond acceptors (Lipinski definition) is 4. The molecule has 1 aliphatic rings. The lowest BCUT2D eigenvalue weighted by atomic mass is 9.84. The van der Waals surface area contributed by atoms with E-state index >= 15 is 0 Å². The highest BCUT2D eigenvalue weighted by Gasteiger charge is 2.37. The largest absolute Gasteiger partial charge is 0.465 e. The van der Waals surface area contributed by atoms with Crippen molar-refractivity contribution in [3.8, 4) is 0 Å². The maximum Gasteiger partial charge on any atom is 0.404 e. The number of rotatable bonds is 3. The van der Waals surface area contributed by atoms with Crippen molar-refractivity contribution in [2.45, 2.75) is 36.5 Å². The van der Waals surface area contributed by atoms with Gasteiger partial charge in [0.2, 0.25) is 10.0 Å². The maximum absolute atomic E-state index is 11.0. The Hall–Kier alpha value is -0.860. The van der Waals surface area contributed by atoms with Crippen LogP contribution in [0.5, 0.6) is 0 Å². The fraction of sp³-hybridized carbons (Fsp3) is 0.875. The molecular weight excluding hydrogens is 236 g/mol. The number of hydrogen-bond donors (Lipinski definition) is 4. The highest BCUT2D eigenvalue weighted by atomic mass is 32.2. The quantitative estimate of drug-likeness (QED) is 0.523. The zero-order chi connectivity index (χ0) is 12.4. The smallest absolute Gasteiger partial charge is 0.404 e. The first-order valence-electron chi connectivity index (χ1n) is 4.94. The molecule has 7 nitrogen and oxygen atoms in total. The first-order valence-corrected chi connectivity index (χ1v) is 6.55. The van der Waals surface area contributed by atoms with E-state index in [4.69, 9.17) is 10.2 Å². The lowest BCUT2D eigenvalue weighted by Gasteiger charge is -2.34. The van der Waals surface area contributed by atoms with Gasteiger partial charge in [-0.05, 0) is 25.7 Å². The van der Waals surface area contributed by atoms with Gasteiger partial charge in [0.1, 0.15) is 0 Å². The van der Waals surface area contributed by atoms with E-state index in [0.717, 1.165) is 0 Å². The van der Waals surface area contributed by atoms with Crippen molar-refractivity contribution in [1.82, 2.24) is 5.32 Å². The third-order valence-corrected chi connectivity index (χ3v) is 4.30. The van der Waals surface area contributed by atoms with Crippen LogP contribution >= 0.6 is 0 Å². The minimum atomic E-state index is -3.56. The number of carbonyl (C=O) groups is 1. The van der Waals surface area contributed by atoms with E-state index in [1.807, 2.05) is 0 Å². The van der Waals surface area contributed by atoms with Crippen molar-refractivity contribution in [1.29, 1.82) is 0 Å². The van der Waals surface area contributed by atoms with Crippen molar-refractivity contribution in [2.75, 3.05) is 6.54 Å². The molecule has 1 rings (SSSR count). The van der Waals surface area contributed by atoms with E-state index in [0.29, 0.717) is 0 Å². The highest BCUT2D eigenvalue weighted by Crippen LogP contribution is 2.30. The average molecular weight is 252 g/mol. The molecular formula is C8H16N2O5S. The molecule has 0 aromatic carbocycles. The minimum Gasteiger partial charge on any atom is -0.465 e. The number of sulfonamides is 1. The summed E-state index contributed by atoms with van der Waals surface area (Å²) in [6.07, 6.45) is -0.224. The standard InChI is InChI=1S/C8H16N2O5S/c9-16(14,15)6-1-3-8(13,4-2-6)5-10-7(11)12/h6,10,13H,1-5H2,(H,11,12)(H2,9,14,15). The van der Waals surface area contributed by atoms with Crippen LogP contribution in [-0.2, 0) is 10.0 Å². The fourth-order valence-electron chi connectivity index (χ4n) is 1.87. The lowest BCUT2D eigenvalue weighted by Crippen LogP contribution is -2.47. The van der Waals surface area contributed by atoms with Crippen molar-refractivity contribution < 1.29 is 23.4 Å². The molecule has 1 aliphatic carbocycles. The van der Waals surface area contributed by atoms with Gasteiger partial charge in [0, 0.05) is 6.54 Å². The summed E-state index contributed by atoms with van der Waals surface area (Å²) in [5.41, 5.74) is -1.15. The van der Waals surface area contributed by atoms with Crippen molar-refractivity contribution in [2.24, 2.45) is 5.14 Å². The molecule has 0 unspecified atom stereocenters. The van der Waals surface area contributed by atoms with E-state index in [1.54, 1.807) is 0 Å². The molecule has 0 aromatic rings.